The van der Waals surface area contributed by atoms with Crippen LogP contribution in [0.2, 0.25) is 5.02 Å². The number of methoxy groups -OCH3 is 1. The van der Waals surface area contributed by atoms with Crippen molar-refractivity contribution in [2.45, 2.75) is 26.7 Å². The largest absolute Gasteiger partial charge is 0.493 e. The fourth-order valence-electron chi connectivity index (χ4n) is 3.58. The Morgan fingerprint density at radius 1 is 1.12 bits per heavy atom. The first kappa shape index (κ1) is 33.0. The van der Waals surface area contributed by atoms with Crippen molar-refractivity contribution in [2.24, 2.45) is 0 Å². The summed E-state index contributed by atoms with van der Waals surface area (Å²) in [5, 5.41) is 2.10. The summed E-state index contributed by atoms with van der Waals surface area (Å²) in [6, 6.07) is 7.48. The molecule has 1 fully saturated rings. The number of hydrogen-bond acceptors (Lipinski definition) is 10. The number of ether oxygens (including phenoxy) is 4. The Labute approximate surface area is 259 Å². The summed E-state index contributed by atoms with van der Waals surface area (Å²) < 4.78 is 21.4. The van der Waals surface area contributed by atoms with Gasteiger partial charge in [-0.1, -0.05) is 24.9 Å². The number of nitrogens with zero attached hydrogens (tertiary/aromatic N) is 1. The predicted octanol–water partition coefficient (Wildman–Crippen LogP) is 5.68. The van der Waals surface area contributed by atoms with Crippen molar-refractivity contribution in [3.8, 4) is 11.5 Å². The number of esters is 2. The number of amides is 3. The molecule has 2 aromatic carbocycles. The molecule has 0 radical (unpaired) electrons. The molecule has 1 saturated heterocycles. The fourth-order valence-corrected chi connectivity index (χ4v) is 5.18. The van der Waals surface area contributed by atoms with Gasteiger partial charge >= 0.3 is 11.9 Å². The Bertz CT molecular complexity index is 1420. The number of hydrogen-bond donors (Lipinski definition) is 1. The van der Waals surface area contributed by atoms with E-state index in [1.807, 2.05) is 6.92 Å². The maximum Gasteiger partial charge on any atom is 0.344 e. The highest BCUT2D eigenvalue weighted by Gasteiger charge is 2.36. The second kappa shape index (κ2) is 15.6. The molecular formula is C28H28BrClN2O9S. The van der Waals surface area contributed by atoms with Crippen LogP contribution in [0.15, 0.2) is 39.7 Å². The summed E-state index contributed by atoms with van der Waals surface area (Å²) in [6.07, 6.45) is 3.03. The van der Waals surface area contributed by atoms with Gasteiger partial charge in [-0.15, -0.1) is 0 Å². The van der Waals surface area contributed by atoms with Crippen molar-refractivity contribution < 1.29 is 42.9 Å². The number of thioether (sulfide) groups is 1. The van der Waals surface area contributed by atoms with E-state index in [9.17, 15) is 24.0 Å². The lowest BCUT2D eigenvalue weighted by Gasteiger charge is -2.14. The van der Waals surface area contributed by atoms with Crippen LogP contribution in [0.4, 0.5) is 10.5 Å². The van der Waals surface area contributed by atoms with E-state index in [2.05, 4.69) is 21.2 Å². The zero-order chi connectivity index (χ0) is 30.8. The molecule has 0 aliphatic carbocycles. The molecule has 0 spiro atoms. The van der Waals surface area contributed by atoms with Gasteiger partial charge < -0.3 is 24.3 Å². The first-order chi connectivity index (χ1) is 20.1. The minimum absolute atomic E-state index is 0.0820. The molecule has 1 aliphatic heterocycles. The van der Waals surface area contributed by atoms with Gasteiger partial charge in [0.15, 0.2) is 18.1 Å². The molecule has 11 nitrogen and oxygen atoms in total. The van der Waals surface area contributed by atoms with Crippen LogP contribution in [0.3, 0.4) is 0 Å². The quantitative estimate of drug-likeness (QED) is 0.159. The number of benzene rings is 2. The second-order valence-corrected chi connectivity index (χ2v) is 10.9. The molecule has 2 aromatic rings. The number of carbonyl (C=O) groups excluding carboxylic acids is 5. The average Bonchev–Trinajstić information content (AvgIpc) is 3.20. The SMILES string of the molecule is CCCCOC(=O)c1cc(NC(=O)CN2C(=O)S/C(=C\c3cc(Br)c(OCC(=O)OCC)c(OC)c3)C2=O)ccc1Cl. The first-order valence-electron chi connectivity index (χ1n) is 12.8. The molecule has 1 aliphatic rings. The Hall–Kier alpha value is -3.55. The average molecular weight is 684 g/mol. The Morgan fingerprint density at radius 2 is 1.88 bits per heavy atom. The molecule has 42 heavy (non-hydrogen) atoms. The zero-order valence-electron chi connectivity index (χ0n) is 23.0. The van der Waals surface area contributed by atoms with Crippen LogP contribution in [0, 0.1) is 0 Å². The Morgan fingerprint density at radius 3 is 2.57 bits per heavy atom. The van der Waals surface area contributed by atoms with Gasteiger partial charge in [-0.3, -0.25) is 19.3 Å². The topological polar surface area (TPSA) is 138 Å². The second-order valence-electron chi connectivity index (χ2n) is 8.63. The number of carbonyl (C=O) groups is 5. The van der Waals surface area contributed by atoms with E-state index in [1.54, 1.807) is 19.1 Å². The lowest BCUT2D eigenvalue weighted by molar-refractivity contribution is -0.145. The highest BCUT2D eigenvalue weighted by Crippen LogP contribution is 2.39. The molecule has 1 heterocycles. The monoisotopic (exact) mass is 682 g/mol. The first-order valence-corrected chi connectivity index (χ1v) is 14.7. The van der Waals surface area contributed by atoms with Gasteiger partial charge in [0.2, 0.25) is 5.91 Å². The van der Waals surface area contributed by atoms with E-state index in [0.29, 0.717) is 28.2 Å². The Balaban J connectivity index is 1.69. The number of imide groups is 1. The lowest BCUT2D eigenvalue weighted by Crippen LogP contribution is -2.36. The van der Waals surface area contributed by atoms with Crippen LogP contribution in [0.1, 0.15) is 42.6 Å². The third-order valence-corrected chi connectivity index (χ3v) is 7.39. The molecule has 3 rings (SSSR count). The molecule has 0 unspecified atom stereocenters. The minimum Gasteiger partial charge on any atom is -0.493 e. The van der Waals surface area contributed by atoms with Crippen LogP contribution in [-0.4, -0.2) is 67.4 Å². The summed E-state index contributed by atoms with van der Waals surface area (Å²) >= 11 is 10.2. The van der Waals surface area contributed by atoms with Gasteiger partial charge in [-0.05, 0) is 83.0 Å². The van der Waals surface area contributed by atoms with Gasteiger partial charge in [0.1, 0.15) is 6.54 Å². The van der Waals surface area contributed by atoms with Crippen molar-refractivity contribution in [2.75, 3.05) is 38.8 Å². The van der Waals surface area contributed by atoms with Gasteiger partial charge in [0.05, 0.1) is 40.3 Å². The third kappa shape index (κ3) is 8.73. The maximum atomic E-state index is 13.0. The van der Waals surface area contributed by atoms with Crippen molar-refractivity contribution >= 4 is 80.0 Å². The van der Waals surface area contributed by atoms with Gasteiger partial charge in [0, 0.05) is 5.69 Å². The lowest BCUT2D eigenvalue weighted by atomic mass is 10.2. The standard InChI is InChI=1S/C28H28BrClN2O9S/c1-4-6-9-40-27(36)18-13-17(7-8-20(18)30)31-23(33)14-32-26(35)22(42-28(32)37)12-16-10-19(29)25(21(11-16)38-3)41-15-24(34)39-5-2/h7-8,10-13H,4-6,9,14-15H2,1-3H3,(H,31,33)/b22-12-. The van der Waals surface area contributed by atoms with Gasteiger partial charge in [-0.2, -0.15) is 0 Å². The highest BCUT2D eigenvalue weighted by atomic mass is 79.9. The van der Waals surface area contributed by atoms with E-state index in [4.69, 9.17) is 30.5 Å². The number of anilines is 1. The molecule has 3 amide bonds. The molecular weight excluding hydrogens is 656 g/mol. The van der Waals surface area contributed by atoms with E-state index >= 15 is 0 Å². The highest BCUT2D eigenvalue weighted by molar-refractivity contribution is 9.10. The maximum absolute atomic E-state index is 13.0. The van der Waals surface area contributed by atoms with E-state index in [-0.39, 0.29) is 52.5 Å². The third-order valence-electron chi connectivity index (χ3n) is 5.57. The Kier molecular flexibility index (Phi) is 12.3. The van der Waals surface area contributed by atoms with Crippen LogP contribution >= 0.6 is 39.3 Å². The van der Waals surface area contributed by atoms with Crippen LogP contribution in [0.25, 0.3) is 6.08 Å². The molecule has 1 N–H and O–H groups in total. The van der Waals surface area contributed by atoms with Gasteiger partial charge in [0.25, 0.3) is 11.1 Å². The number of rotatable bonds is 13. The fraction of sp³-hybridized carbons (Fsp3) is 0.321. The van der Waals surface area contributed by atoms with Crippen LogP contribution in [0.5, 0.6) is 11.5 Å². The van der Waals surface area contributed by atoms with Gasteiger partial charge in [-0.25, -0.2) is 9.59 Å². The zero-order valence-corrected chi connectivity index (χ0v) is 26.2. The van der Waals surface area contributed by atoms with Crippen molar-refractivity contribution in [3.63, 3.8) is 0 Å². The number of halogens is 2. The minimum atomic E-state index is -0.658. The molecule has 0 bridgehead atoms. The smallest absolute Gasteiger partial charge is 0.344 e. The predicted molar refractivity (Wildman–Crippen MR) is 161 cm³/mol. The van der Waals surface area contributed by atoms with Crippen molar-refractivity contribution in [1.29, 1.82) is 0 Å². The van der Waals surface area contributed by atoms with Crippen LogP contribution < -0.4 is 14.8 Å². The molecule has 224 valence electrons. The summed E-state index contributed by atoms with van der Waals surface area (Å²) in [4.78, 5) is 63.2. The molecule has 0 aromatic heterocycles. The van der Waals surface area contributed by atoms with Crippen molar-refractivity contribution in [1.82, 2.24) is 4.90 Å². The van der Waals surface area contributed by atoms with Crippen molar-refractivity contribution in [3.05, 3.63) is 55.9 Å². The summed E-state index contributed by atoms with van der Waals surface area (Å²) in [5.41, 5.74) is 0.826. The van der Waals surface area contributed by atoms with E-state index in [1.165, 1.54) is 31.4 Å². The molecule has 0 atom stereocenters. The summed E-state index contributed by atoms with van der Waals surface area (Å²) in [5.74, 6) is -1.95. The summed E-state index contributed by atoms with van der Waals surface area (Å²) in [6.45, 7) is 3.23. The molecule has 0 saturated carbocycles. The summed E-state index contributed by atoms with van der Waals surface area (Å²) in [7, 11) is 1.41. The van der Waals surface area contributed by atoms with E-state index in [0.717, 1.165) is 11.3 Å². The number of nitrogens with one attached hydrogen (secondary N) is 1. The van der Waals surface area contributed by atoms with E-state index < -0.39 is 35.5 Å². The normalized spacial score (nSPS) is 13.7. The molecule has 14 heteroatoms. The number of unbranched alkanes of at least 4 members (excludes halogenated alkanes) is 1. The van der Waals surface area contributed by atoms with Crippen LogP contribution in [-0.2, 0) is 23.9 Å².